The summed E-state index contributed by atoms with van der Waals surface area (Å²) in [5, 5.41) is 2.74. The lowest BCUT2D eigenvalue weighted by atomic mass is 10.1. The Bertz CT molecular complexity index is 1070. The highest BCUT2D eigenvalue weighted by atomic mass is 32.2. The SMILES string of the molecule is CN(c1ccccc1C(=O)NCc1ccc(F)cc1)S(=O)(=O)c1ccccc1. The van der Waals surface area contributed by atoms with Crippen molar-refractivity contribution in [1.29, 1.82) is 0 Å². The van der Waals surface area contributed by atoms with Gasteiger partial charge in [0.2, 0.25) is 0 Å². The van der Waals surface area contributed by atoms with Crippen molar-refractivity contribution in [2.24, 2.45) is 0 Å². The maximum absolute atomic E-state index is 13.0. The molecule has 0 unspecified atom stereocenters. The number of carbonyl (C=O) groups is 1. The summed E-state index contributed by atoms with van der Waals surface area (Å²) in [6, 6.07) is 20.3. The van der Waals surface area contributed by atoms with Crippen molar-refractivity contribution < 1.29 is 17.6 Å². The molecular weight excluding hydrogens is 379 g/mol. The zero-order valence-electron chi connectivity index (χ0n) is 15.2. The van der Waals surface area contributed by atoms with E-state index in [0.29, 0.717) is 0 Å². The molecule has 0 spiro atoms. The van der Waals surface area contributed by atoms with E-state index in [1.54, 1.807) is 54.6 Å². The number of carbonyl (C=O) groups excluding carboxylic acids is 1. The van der Waals surface area contributed by atoms with E-state index in [1.807, 2.05) is 0 Å². The van der Waals surface area contributed by atoms with Crippen LogP contribution in [0.5, 0.6) is 0 Å². The molecule has 0 bridgehead atoms. The molecule has 0 atom stereocenters. The fourth-order valence-corrected chi connectivity index (χ4v) is 3.94. The van der Waals surface area contributed by atoms with E-state index in [0.717, 1.165) is 9.87 Å². The number of amides is 1. The molecular formula is C21H19FN2O3S. The number of halogens is 1. The normalized spacial score (nSPS) is 11.1. The first-order chi connectivity index (χ1) is 13.4. The van der Waals surface area contributed by atoms with Crippen LogP contribution in [0.15, 0.2) is 83.8 Å². The molecule has 1 amide bonds. The topological polar surface area (TPSA) is 66.5 Å². The zero-order valence-corrected chi connectivity index (χ0v) is 16.0. The average Bonchev–Trinajstić information content (AvgIpc) is 2.73. The molecule has 5 nitrogen and oxygen atoms in total. The second-order valence-corrected chi connectivity index (χ2v) is 8.08. The Morgan fingerprint density at radius 1 is 0.929 bits per heavy atom. The molecule has 0 aromatic heterocycles. The molecule has 7 heteroatoms. The molecule has 0 radical (unpaired) electrons. The van der Waals surface area contributed by atoms with Crippen LogP contribution in [0.3, 0.4) is 0 Å². The number of hydrogen-bond donors (Lipinski definition) is 1. The summed E-state index contributed by atoms with van der Waals surface area (Å²) in [6.45, 7) is 0.197. The molecule has 28 heavy (non-hydrogen) atoms. The molecule has 3 aromatic carbocycles. The highest BCUT2D eigenvalue weighted by Crippen LogP contribution is 2.25. The minimum absolute atomic E-state index is 0.138. The Balaban J connectivity index is 1.84. The molecule has 0 fully saturated rings. The van der Waals surface area contributed by atoms with Crippen molar-refractivity contribution in [1.82, 2.24) is 5.32 Å². The molecule has 3 aromatic rings. The van der Waals surface area contributed by atoms with Gasteiger partial charge in [-0.3, -0.25) is 9.10 Å². The van der Waals surface area contributed by atoms with Gasteiger partial charge < -0.3 is 5.32 Å². The lowest BCUT2D eigenvalue weighted by Crippen LogP contribution is -2.30. The van der Waals surface area contributed by atoms with Gasteiger partial charge in [-0.1, -0.05) is 42.5 Å². The molecule has 0 aliphatic carbocycles. The molecule has 144 valence electrons. The van der Waals surface area contributed by atoms with E-state index < -0.39 is 15.9 Å². The van der Waals surface area contributed by atoms with Crippen LogP contribution in [-0.4, -0.2) is 21.4 Å². The first kappa shape index (κ1) is 19.6. The average molecular weight is 398 g/mol. The summed E-state index contributed by atoms with van der Waals surface area (Å²) in [5.74, 6) is -0.775. The third-order valence-electron chi connectivity index (χ3n) is 4.26. The fraction of sp³-hybridized carbons (Fsp3) is 0.0952. The lowest BCUT2D eigenvalue weighted by Gasteiger charge is -2.22. The van der Waals surface area contributed by atoms with Crippen LogP contribution in [-0.2, 0) is 16.6 Å². The minimum atomic E-state index is -3.81. The summed E-state index contributed by atoms with van der Waals surface area (Å²) in [7, 11) is -2.40. The highest BCUT2D eigenvalue weighted by molar-refractivity contribution is 7.92. The van der Waals surface area contributed by atoms with E-state index >= 15 is 0 Å². The van der Waals surface area contributed by atoms with Gasteiger partial charge in [-0.25, -0.2) is 12.8 Å². The lowest BCUT2D eigenvalue weighted by molar-refractivity contribution is 0.0951. The smallest absolute Gasteiger partial charge is 0.264 e. The zero-order chi connectivity index (χ0) is 20.1. The second kappa shape index (κ2) is 8.22. The Labute approximate surface area is 163 Å². The van der Waals surface area contributed by atoms with Crippen LogP contribution in [0.25, 0.3) is 0 Å². The number of anilines is 1. The molecule has 0 aliphatic heterocycles. The van der Waals surface area contributed by atoms with E-state index in [1.165, 1.54) is 31.3 Å². The monoisotopic (exact) mass is 398 g/mol. The van der Waals surface area contributed by atoms with Crippen molar-refractivity contribution in [3.63, 3.8) is 0 Å². The van der Waals surface area contributed by atoms with Crippen LogP contribution in [0.1, 0.15) is 15.9 Å². The molecule has 0 heterocycles. The van der Waals surface area contributed by atoms with Gasteiger partial charge in [-0.15, -0.1) is 0 Å². The van der Waals surface area contributed by atoms with Crippen LogP contribution in [0.4, 0.5) is 10.1 Å². The van der Waals surface area contributed by atoms with Gasteiger partial charge >= 0.3 is 0 Å². The minimum Gasteiger partial charge on any atom is -0.348 e. The van der Waals surface area contributed by atoms with Gasteiger partial charge in [-0.05, 0) is 42.0 Å². The Hall–Kier alpha value is -3.19. The number of hydrogen-bond acceptors (Lipinski definition) is 3. The number of para-hydroxylation sites is 1. The Morgan fingerprint density at radius 2 is 1.54 bits per heavy atom. The summed E-state index contributed by atoms with van der Waals surface area (Å²) in [4.78, 5) is 12.8. The third kappa shape index (κ3) is 4.20. The molecule has 0 saturated carbocycles. The van der Waals surface area contributed by atoms with Crippen LogP contribution in [0, 0.1) is 5.82 Å². The summed E-state index contributed by atoms with van der Waals surface area (Å²) >= 11 is 0. The second-order valence-electron chi connectivity index (χ2n) is 6.11. The van der Waals surface area contributed by atoms with Crippen molar-refractivity contribution >= 4 is 21.6 Å². The number of rotatable bonds is 6. The van der Waals surface area contributed by atoms with Crippen LogP contribution >= 0.6 is 0 Å². The third-order valence-corrected chi connectivity index (χ3v) is 6.04. The van der Waals surface area contributed by atoms with Gasteiger partial charge in [0.25, 0.3) is 15.9 Å². The summed E-state index contributed by atoms with van der Waals surface area (Å²) < 4.78 is 39.8. The number of benzene rings is 3. The summed E-state index contributed by atoms with van der Waals surface area (Å²) in [6.07, 6.45) is 0. The molecule has 3 rings (SSSR count). The van der Waals surface area contributed by atoms with Crippen molar-refractivity contribution in [2.45, 2.75) is 11.4 Å². The largest absolute Gasteiger partial charge is 0.348 e. The Kier molecular flexibility index (Phi) is 5.75. The summed E-state index contributed by atoms with van der Waals surface area (Å²) in [5.41, 5.74) is 1.23. The predicted octanol–water partition coefficient (Wildman–Crippen LogP) is 3.58. The standard InChI is InChI=1S/C21H19FN2O3S/c1-24(28(26,27)18-7-3-2-4-8-18)20-10-6-5-9-19(20)21(25)23-15-16-11-13-17(22)14-12-16/h2-14H,15H2,1H3,(H,23,25). The molecule has 1 N–H and O–H groups in total. The van der Waals surface area contributed by atoms with E-state index in [-0.39, 0.29) is 28.5 Å². The quantitative estimate of drug-likeness (QED) is 0.690. The van der Waals surface area contributed by atoms with E-state index in [2.05, 4.69) is 5.32 Å². The van der Waals surface area contributed by atoms with Crippen LogP contribution in [0.2, 0.25) is 0 Å². The van der Waals surface area contributed by atoms with Crippen LogP contribution < -0.4 is 9.62 Å². The van der Waals surface area contributed by atoms with Gasteiger partial charge in [0.05, 0.1) is 16.1 Å². The van der Waals surface area contributed by atoms with Gasteiger partial charge in [0.15, 0.2) is 0 Å². The first-order valence-electron chi connectivity index (χ1n) is 8.55. The number of nitrogens with one attached hydrogen (secondary N) is 1. The van der Waals surface area contributed by atoms with E-state index in [4.69, 9.17) is 0 Å². The first-order valence-corrected chi connectivity index (χ1v) is 9.99. The van der Waals surface area contributed by atoms with Gasteiger partial charge in [0.1, 0.15) is 5.82 Å². The van der Waals surface area contributed by atoms with Crippen molar-refractivity contribution in [3.05, 3.63) is 95.8 Å². The fourth-order valence-electron chi connectivity index (χ4n) is 2.70. The molecule has 0 aliphatic rings. The van der Waals surface area contributed by atoms with Gasteiger partial charge in [0, 0.05) is 13.6 Å². The predicted molar refractivity (Wildman–Crippen MR) is 106 cm³/mol. The molecule has 0 saturated heterocycles. The van der Waals surface area contributed by atoms with Gasteiger partial charge in [-0.2, -0.15) is 0 Å². The Morgan fingerprint density at radius 3 is 2.21 bits per heavy atom. The van der Waals surface area contributed by atoms with E-state index in [9.17, 15) is 17.6 Å². The van der Waals surface area contributed by atoms with Crippen molar-refractivity contribution in [3.8, 4) is 0 Å². The maximum atomic E-state index is 13.0. The number of sulfonamides is 1. The van der Waals surface area contributed by atoms with Crippen molar-refractivity contribution in [2.75, 3.05) is 11.4 Å². The highest BCUT2D eigenvalue weighted by Gasteiger charge is 2.24. The number of nitrogens with zero attached hydrogens (tertiary/aromatic N) is 1. The maximum Gasteiger partial charge on any atom is 0.264 e.